The molecule has 5 heterocycles. The highest BCUT2D eigenvalue weighted by Crippen LogP contribution is 2.42. The third-order valence-corrected chi connectivity index (χ3v) is 9.04. The number of rotatable bonds is 7. The molecule has 3 aromatic heterocycles. The van der Waals surface area contributed by atoms with Gasteiger partial charge in [-0.25, -0.2) is 4.98 Å². The highest BCUT2D eigenvalue weighted by molar-refractivity contribution is 5.85. The number of hydrogen-bond acceptors (Lipinski definition) is 4. The van der Waals surface area contributed by atoms with E-state index in [-0.39, 0.29) is 17.8 Å². The van der Waals surface area contributed by atoms with Crippen LogP contribution in [-0.2, 0) is 22.4 Å². The number of nitrogens with zero attached hydrogens (tertiary/aromatic N) is 2. The van der Waals surface area contributed by atoms with Crippen molar-refractivity contribution < 1.29 is 9.53 Å². The van der Waals surface area contributed by atoms with E-state index in [4.69, 9.17) is 14.7 Å². The topological polar surface area (TPSA) is 83.7 Å². The summed E-state index contributed by atoms with van der Waals surface area (Å²) >= 11 is 0. The number of allylic oxidation sites excluding steroid dienone is 1. The fraction of sp³-hybridized carbons (Fsp3) is 0.441. The van der Waals surface area contributed by atoms with Crippen LogP contribution in [0.4, 0.5) is 0 Å². The molecule has 6 nitrogen and oxygen atoms in total. The van der Waals surface area contributed by atoms with Crippen LogP contribution < -0.4 is 0 Å². The summed E-state index contributed by atoms with van der Waals surface area (Å²) in [5, 5.41) is 0. The van der Waals surface area contributed by atoms with Crippen LogP contribution in [0.25, 0.3) is 33.7 Å². The summed E-state index contributed by atoms with van der Waals surface area (Å²) in [7, 11) is 1.65. The lowest BCUT2D eigenvalue weighted by Gasteiger charge is -2.20. The number of aromatic amines is 2. The Labute approximate surface area is 237 Å². The first-order valence-electron chi connectivity index (χ1n) is 14.6. The average Bonchev–Trinajstić information content (AvgIpc) is 3.63. The van der Waals surface area contributed by atoms with Gasteiger partial charge in [-0.05, 0) is 105 Å². The van der Waals surface area contributed by atoms with Crippen molar-refractivity contribution in [2.75, 3.05) is 13.7 Å². The Morgan fingerprint density at radius 1 is 0.900 bits per heavy atom. The van der Waals surface area contributed by atoms with Gasteiger partial charge in [-0.1, -0.05) is 20.8 Å². The van der Waals surface area contributed by atoms with Gasteiger partial charge in [0.15, 0.2) is 0 Å². The number of aromatic nitrogens is 4. The van der Waals surface area contributed by atoms with Gasteiger partial charge in [0, 0.05) is 58.3 Å². The molecule has 0 aromatic carbocycles. The fourth-order valence-corrected chi connectivity index (χ4v) is 6.54. The molecule has 0 amide bonds. The van der Waals surface area contributed by atoms with Crippen LogP contribution in [0.15, 0.2) is 18.2 Å². The van der Waals surface area contributed by atoms with Crippen LogP contribution in [0.5, 0.6) is 0 Å². The van der Waals surface area contributed by atoms with Gasteiger partial charge in [-0.3, -0.25) is 4.98 Å². The summed E-state index contributed by atoms with van der Waals surface area (Å²) in [6.45, 7) is 15.7. The summed E-state index contributed by atoms with van der Waals surface area (Å²) in [6, 6.07) is 6.67. The van der Waals surface area contributed by atoms with Crippen molar-refractivity contribution in [2.45, 2.75) is 79.6 Å². The van der Waals surface area contributed by atoms with Gasteiger partial charge < -0.3 is 19.5 Å². The number of aryl methyl sites for hydroxylation is 4. The number of H-pyrrole nitrogens is 2. The van der Waals surface area contributed by atoms with Crippen LogP contribution in [0.3, 0.4) is 0 Å². The predicted octanol–water partition coefficient (Wildman–Crippen LogP) is 7.66. The smallest absolute Gasteiger partial charge is 0.125 e. The molecule has 210 valence electrons. The molecule has 0 saturated heterocycles. The number of nitrogens with one attached hydrogen (secondary N) is 2. The van der Waals surface area contributed by atoms with Gasteiger partial charge in [0.1, 0.15) is 6.29 Å². The maximum atomic E-state index is 11.9. The van der Waals surface area contributed by atoms with Crippen molar-refractivity contribution in [3.8, 4) is 0 Å². The molecule has 0 fully saturated rings. The summed E-state index contributed by atoms with van der Waals surface area (Å²) in [5.74, 6) is 0.0745. The molecule has 40 heavy (non-hydrogen) atoms. The minimum Gasteiger partial charge on any atom is -0.384 e. The van der Waals surface area contributed by atoms with E-state index in [1.807, 2.05) is 0 Å². The minimum atomic E-state index is -0.181. The normalized spacial score (nSPS) is 17.6. The van der Waals surface area contributed by atoms with Gasteiger partial charge in [0.25, 0.3) is 0 Å². The number of fused-ring (bicyclic) bond motifs is 8. The second kappa shape index (κ2) is 11.2. The van der Waals surface area contributed by atoms with Crippen molar-refractivity contribution in [3.63, 3.8) is 0 Å². The molecule has 1 unspecified atom stereocenters. The van der Waals surface area contributed by atoms with E-state index in [2.05, 4.69) is 82.7 Å². The van der Waals surface area contributed by atoms with E-state index in [0.29, 0.717) is 13.0 Å². The summed E-state index contributed by atoms with van der Waals surface area (Å²) < 4.78 is 5.37. The van der Waals surface area contributed by atoms with Gasteiger partial charge in [-0.15, -0.1) is 0 Å². The largest absolute Gasteiger partial charge is 0.384 e. The maximum absolute atomic E-state index is 11.9. The van der Waals surface area contributed by atoms with Gasteiger partial charge >= 0.3 is 0 Å². The second-order valence-corrected chi connectivity index (χ2v) is 11.5. The zero-order valence-corrected chi connectivity index (χ0v) is 25.2. The summed E-state index contributed by atoms with van der Waals surface area (Å²) in [4.78, 5) is 29.7. The molecule has 2 aliphatic rings. The van der Waals surface area contributed by atoms with E-state index < -0.39 is 0 Å². The van der Waals surface area contributed by atoms with Gasteiger partial charge in [0.05, 0.1) is 18.0 Å². The minimum absolute atomic E-state index is 0.101. The SMILES string of the molecule is CCc1c(C)c2cc3[nH]c(cc4nc(c(C)c5nc(cc1[nH]2)C(C)=C5)[C@@H](CC(C=O)COC)[C@@H]4C)c(C)c3CC. The zero-order chi connectivity index (χ0) is 28.7. The third kappa shape index (κ3) is 4.83. The van der Waals surface area contributed by atoms with Gasteiger partial charge in [-0.2, -0.15) is 0 Å². The van der Waals surface area contributed by atoms with E-state index in [1.165, 1.54) is 22.3 Å². The first-order chi connectivity index (χ1) is 19.2. The second-order valence-electron chi connectivity index (χ2n) is 11.5. The average molecular weight is 539 g/mol. The number of carbonyl (C=O) groups excluding carboxylic acids is 1. The van der Waals surface area contributed by atoms with E-state index in [0.717, 1.165) is 75.1 Å². The van der Waals surface area contributed by atoms with Crippen LogP contribution in [0.1, 0.15) is 96.5 Å². The first kappa shape index (κ1) is 28.0. The Hall–Kier alpha value is -3.51. The van der Waals surface area contributed by atoms with E-state index in [9.17, 15) is 4.79 Å². The van der Waals surface area contributed by atoms with Crippen LogP contribution >= 0.6 is 0 Å². The number of carbonyl (C=O) groups is 1. The van der Waals surface area contributed by atoms with E-state index >= 15 is 0 Å². The molecule has 0 spiro atoms. The predicted molar refractivity (Wildman–Crippen MR) is 165 cm³/mol. The van der Waals surface area contributed by atoms with Crippen molar-refractivity contribution in [2.24, 2.45) is 5.92 Å². The molecule has 0 saturated carbocycles. The van der Waals surface area contributed by atoms with Crippen molar-refractivity contribution in [3.05, 3.63) is 68.8 Å². The molecule has 6 heteroatoms. The number of ether oxygens (including phenoxy) is 1. The Kier molecular flexibility index (Phi) is 7.83. The zero-order valence-electron chi connectivity index (χ0n) is 25.2. The highest BCUT2D eigenvalue weighted by Gasteiger charge is 2.33. The number of methoxy groups -OCH3 is 1. The standard InChI is InChI=1S/C34H42N4O2/c1-9-24-20(5)30-15-33-25(10-2)19(4)29(36-33)14-31-21(6)26(12-23(16-39)17-40-8)34(38-31)22(7)28-11-18(3)27(35-28)13-32(24)37-30/h11,13-16,21,23,26,36-37H,9-10,12,17H2,1-8H3/t21-,23?,26-/m0/s1. The third-order valence-electron chi connectivity index (χ3n) is 9.04. The molecule has 0 aliphatic carbocycles. The lowest BCUT2D eigenvalue weighted by atomic mass is 9.83. The Bertz CT molecular complexity index is 1660. The summed E-state index contributed by atoms with van der Waals surface area (Å²) in [6.07, 6.45) is 5.77. The Balaban J connectivity index is 1.89. The van der Waals surface area contributed by atoms with E-state index in [1.54, 1.807) is 7.11 Å². The lowest BCUT2D eigenvalue weighted by Crippen LogP contribution is -2.16. The molecule has 8 bridgehead atoms. The summed E-state index contributed by atoms with van der Waals surface area (Å²) in [5.41, 5.74) is 15.8. The van der Waals surface area contributed by atoms with Crippen LogP contribution in [0, 0.1) is 26.7 Å². The molecule has 3 atom stereocenters. The lowest BCUT2D eigenvalue weighted by molar-refractivity contribution is -0.112. The van der Waals surface area contributed by atoms with Gasteiger partial charge in [0.2, 0.25) is 0 Å². The molecule has 2 N–H and O–H groups in total. The van der Waals surface area contributed by atoms with Crippen molar-refractivity contribution in [1.29, 1.82) is 0 Å². The van der Waals surface area contributed by atoms with Crippen LogP contribution in [-0.4, -0.2) is 39.9 Å². The fourth-order valence-electron chi connectivity index (χ4n) is 6.54. The molecule has 0 radical (unpaired) electrons. The molecular weight excluding hydrogens is 496 g/mol. The maximum Gasteiger partial charge on any atom is 0.125 e. The molecular formula is C34H42N4O2. The van der Waals surface area contributed by atoms with Crippen molar-refractivity contribution >= 4 is 40.0 Å². The Morgan fingerprint density at radius 3 is 2.12 bits per heavy atom. The van der Waals surface area contributed by atoms with Crippen LogP contribution in [0.2, 0.25) is 0 Å². The number of hydrogen-bond donors (Lipinski definition) is 2. The first-order valence-corrected chi connectivity index (χ1v) is 14.6. The Morgan fingerprint density at radius 2 is 1.52 bits per heavy atom. The number of aldehydes is 1. The highest BCUT2D eigenvalue weighted by atomic mass is 16.5. The molecule has 5 rings (SSSR count). The molecule has 3 aromatic rings. The van der Waals surface area contributed by atoms with Crippen molar-refractivity contribution in [1.82, 2.24) is 19.9 Å². The quantitative estimate of drug-likeness (QED) is 0.302. The monoisotopic (exact) mass is 538 g/mol. The molecule has 2 aliphatic heterocycles.